The molecule has 0 bridgehead atoms. The van der Waals surface area contributed by atoms with E-state index >= 15 is 0 Å². The van der Waals surface area contributed by atoms with Crippen LogP contribution in [0.4, 0.5) is 0 Å². The van der Waals surface area contributed by atoms with Gasteiger partial charge in [-0.2, -0.15) is 0 Å². The molecule has 0 radical (unpaired) electrons. The molecule has 0 fully saturated rings. The van der Waals surface area contributed by atoms with Crippen LogP contribution in [0.1, 0.15) is 5.69 Å². The van der Waals surface area contributed by atoms with E-state index in [2.05, 4.69) is 66.7 Å². The van der Waals surface area contributed by atoms with Gasteiger partial charge in [0.15, 0.2) is 0 Å². The van der Waals surface area contributed by atoms with Gasteiger partial charge in [0, 0.05) is 0 Å². The maximum atomic E-state index is 6.12. The van der Waals surface area contributed by atoms with Crippen molar-refractivity contribution in [3.05, 3.63) is 104 Å². The summed E-state index contributed by atoms with van der Waals surface area (Å²) < 4.78 is 9.04. The minimum atomic E-state index is -0.172. The Morgan fingerprint density at radius 1 is 0.667 bits per heavy atom. The molecular weight excluding hydrogens is 519 g/mol. The third-order valence-corrected chi connectivity index (χ3v) is 9.14. The Morgan fingerprint density at radius 3 is 2.36 bits per heavy atom. The van der Waals surface area contributed by atoms with Gasteiger partial charge in [-0.05, 0) is 0 Å². The summed E-state index contributed by atoms with van der Waals surface area (Å²) in [5.41, 5.74) is 8.50. The summed E-state index contributed by atoms with van der Waals surface area (Å²) in [6.07, 6.45) is 0. The van der Waals surface area contributed by atoms with Gasteiger partial charge < -0.3 is 0 Å². The van der Waals surface area contributed by atoms with Gasteiger partial charge in [0.2, 0.25) is 0 Å². The predicted molar refractivity (Wildman–Crippen MR) is 128 cm³/mol. The van der Waals surface area contributed by atoms with Crippen LogP contribution >= 0.6 is 0 Å². The van der Waals surface area contributed by atoms with Gasteiger partial charge in [-0.3, -0.25) is 0 Å². The number of benzene rings is 4. The standard InChI is InChI=1S/C29H18IN2O/c1-17-16-24(19-10-7-15-26-28(19)20-9-3-5-14-25(20)33-26)32-29(31-17)21-11-6-13-23-27(21)18-8-2-4-12-22(18)30-23/h2-16H,1H3/q-1. The number of rotatable bonds is 2. The molecule has 0 atom stereocenters. The molecule has 1 aliphatic rings. The number of furan rings is 1. The second-order valence-electron chi connectivity index (χ2n) is 8.23. The third kappa shape index (κ3) is 2.94. The van der Waals surface area contributed by atoms with Crippen molar-refractivity contribution < 1.29 is 25.6 Å². The molecule has 0 N–H and O–H groups in total. The molecule has 0 spiro atoms. The van der Waals surface area contributed by atoms with E-state index in [4.69, 9.17) is 14.4 Å². The molecule has 0 amide bonds. The number of hydrogen-bond acceptors (Lipinski definition) is 3. The van der Waals surface area contributed by atoms with Crippen molar-refractivity contribution in [1.82, 2.24) is 9.97 Å². The van der Waals surface area contributed by atoms with Crippen LogP contribution < -0.4 is 21.2 Å². The van der Waals surface area contributed by atoms with Crippen LogP contribution in [-0.2, 0) is 0 Å². The average molecular weight is 537 g/mol. The number of para-hydroxylation sites is 1. The van der Waals surface area contributed by atoms with E-state index in [1.165, 1.54) is 18.3 Å². The van der Waals surface area contributed by atoms with Gasteiger partial charge >= 0.3 is 202 Å². The van der Waals surface area contributed by atoms with E-state index in [9.17, 15) is 0 Å². The quantitative estimate of drug-likeness (QED) is 0.312. The molecule has 33 heavy (non-hydrogen) atoms. The van der Waals surface area contributed by atoms with E-state index in [0.717, 1.165) is 50.3 Å². The Hall–Kier alpha value is -3.51. The van der Waals surface area contributed by atoms with Crippen molar-refractivity contribution >= 4 is 21.9 Å². The zero-order chi connectivity index (χ0) is 21.9. The van der Waals surface area contributed by atoms with Gasteiger partial charge in [0.25, 0.3) is 0 Å². The summed E-state index contributed by atoms with van der Waals surface area (Å²) in [4.78, 5) is 10.0. The fourth-order valence-electron chi connectivity index (χ4n) is 4.73. The van der Waals surface area contributed by atoms with E-state index in [-0.39, 0.29) is 21.2 Å². The van der Waals surface area contributed by atoms with Crippen molar-refractivity contribution in [1.29, 1.82) is 0 Å². The summed E-state index contributed by atoms with van der Waals surface area (Å²) in [5.74, 6) is 0.785. The number of aromatic nitrogens is 2. The van der Waals surface area contributed by atoms with Crippen molar-refractivity contribution in [2.45, 2.75) is 6.92 Å². The van der Waals surface area contributed by atoms with Gasteiger partial charge in [0.05, 0.1) is 0 Å². The molecule has 158 valence electrons. The monoisotopic (exact) mass is 537 g/mol. The summed E-state index contributed by atoms with van der Waals surface area (Å²) in [5, 5.41) is 2.21. The van der Waals surface area contributed by atoms with E-state index in [1.54, 1.807) is 0 Å². The molecule has 0 saturated carbocycles. The van der Waals surface area contributed by atoms with Crippen LogP contribution in [0.25, 0.3) is 55.7 Å². The molecule has 0 aliphatic carbocycles. The Kier molecular flexibility index (Phi) is 4.18. The minimum absolute atomic E-state index is 0.172. The Morgan fingerprint density at radius 2 is 1.39 bits per heavy atom. The second-order valence-corrected chi connectivity index (χ2v) is 11.1. The van der Waals surface area contributed by atoms with Crippen LogP contribution in [0.2, 0.25) is 0 Å². The predicted octanol–water partition coefficient (Wildman–Crippen LogP) is 4.13. The number of hydrogen-bond donors (Lipinski definition) is 0. The molecule has 1 aliphatic heterocycles. The molecule has 7 rings (SSSR count). The SMILES string of the molecule is Cc1cc(-c2cccc3oc4ccccc4c23)nc(-c2cccc3c2-c2ccccc2[I-]3)n1. The van der Waals surface area contributed by atoms with Crippen LogP contribution in [0, 0.1) is 14.1 Å². The fourth-order valence-corrected chi connectivity index (χ4v) is 7.73. The van der Waals surface area contributed by atoms with E-state index < -0.39 is 0 Å². The van der Waals surface area contributed by atoms with Crippen LogP contribution in [-0.4, -0.2) is 9.97 Å². The topological polar surface area (TPSA) is 38.9 Å². The Bertz CT molecular complexity index is 1720. The molecule has 2 aromatic heterocycles. The molecule has 3 heterocycles. The van der Waals surface area contributed by atoms with Crippen LogP contribution in [0.15, 0.2) is 95.4 Å². The van der Waals surface area contributed by atoms with Gasteiger partial charge in [-0.1, -0.05) is 0 Å². The molecule has 4 heteroatoms. The van der Waals surface area contributed by atoms with Gasteiger partial charge in [-0.15, -0.1) is 0 Å². The summed E-state index contributed by atoms with van der Waals surface area (Å²) >= 11 is -0.172. The van der Waals surface area contributed by atoms with Crippen LogP contribution in [0.3, 0.4) is 0 Å². The molecule has 0 unspecified atom stereocenters. The Balaban J connectivity index is 1.48. The van der Waals surface area contributed by atoms with Crippen LogP contribution in [0.5, 0.6) is 0 Å². The number of fused-ring (bicyclic) bond motifs is 6. The number of halogens is 1. The summed E-state index contributed by atoms with van der Waals surface area (Å²) in [6, 6.07) is 31.8. The molecule has 6 aromatic rings. The average Bonchev–Trinajstić information content (AvgIpc) is 3.42. The first-order chi connectivity index (χ1) is 16.3. The van der Waals surface area contributed by atoms with E-state index in [1.807, 2.05) is 31.2 Å². The van der Waals surface area contributed by atoms with Gasteiger partial charge in [0.1, 0.15) is 0 Å². The Labute approximate surface area is 201 Å². The molecular formula is C29H18IN2O-. The zero-order valence-electron chi connectivity index (χ0n) is 17.8. The normalized spacial score (nSPS) is 12.5. The van der Waals surface area contributed by atoms with E-state index in [0.29, 0.717) is 0 Å². The summed E-state index contributed by atoms with van der Waals surface area (Å²) in [7, 11) is 0. The first-order valence-electron chi connectivity index (χ1n) is 10.9. The van der Waals surface area contributed by atoms with Crippen molar-refractivity contribution in [2.24, 2.45) is 0 Å². The van der Waals surface area contributed by atoms with Crippen molar-refractivity contribution in [3.63, 3.8) is 0 Å². The molecule has 3 nitrogen and oxygen atoms in total. The molecule has 0 saturated heterocycles. The maximum absolute atomic E-state index is 6.12. The van der Waals surface area contributed by atoms with Crippen molar-refractivity contribution in [2.75, 3.05) is 0 Å². The first-order valence-corrected chi connectivity index (χ1v) is 13.1. The van der Waals surface area contributed by atoms with Crippen molar-refractivity contribution in [3.8, 4) is 33.8 Å². The number of nitrogens with zero attached hydrogens (tertiary/aromatic N) is 2. The first kappa shape index (κ1) is 19.0. The summed E-state index contributed by atoms with van der Waals surface area (Å²) in [6.45, 7) is 2.05. The van der Waals surface area contributed by atoms with Gasteiger partial charge in [-0.25, -0.2) is 0 Å². The second kappa shape index (κ2) is 7.25. The zero-order valence-corrected chi connectivity index (χ0v) is 20.0. The number of aryl methyl sites for hydroxylation is 1. The fraction of sp³-hybridized carbons (Fsp3) is 0.0345. The molecule has 4 aromatic carbocycles. The third-order valence-electron chi connectivity index (χ3n) is 6.13.